The lowest BCUT2D eigenvalue weighted by atomic mass is 10.1. The van der Waals surface area contributed by atoms with Crippen molar-refractivity contribution in [3.8, 4) is 0 Å². The summed E-state index contributed by atoms with van der Waals surface area (Å²) in [7, 11) is 0. The number of thioether (sulfide) groups is 1. The molecule has 0 unspecified atom stereocenters. The number of benzene rings is 2. The first kappa shape index (κ1) is 19.8. The summed E-state index contributed by atoms with van der Waals surface area (Å²) < 4.78 is 0. The van der Waals surface area contributed by atoms with E-state index in [-0.39, 0.29) is 11.8 Å². The van der Waals surface area contributed by atoms with Crippen LogP contribution in [0.25, 0.3) is 0 Å². The second kappa shape index (κ2) is 8.47. The molecule has 0 atom stereocenters. The standard InChI is InChI=1S/C22H26N4O2S/c1-3-25-8-10-26(11-9-25)17-5-6-18(15(2)12-17)24-22(28)16-4-7-20-19(13-16)23-21(27)14-29-20/h4-7,12-13H,3,8-11,14H2,1-2H3,(H,23,27)(H,24,28). The van der Waals surface area contributed by atoms with Crippen molar-refractivity contribution in [2.45, 2.75) is 18.7 Å². The van der Waals surface area contributed by atoms with Crippen LogP contribution in [0.1, 0.15) is 22.8 Å². The van der Waals surface area contributed by atoms with E-state index in [1.54, 1.807) is 12.1 Å². The summed E-state index contributed by atoms with van der Waals surface area (Å²) in [6.07, 6.45) is 0. The average Bonchev–Trinajstić information content (AvgIpc) is 2.74. The molecule has 7 heteroatoms. The highest BCUT2D eigenvalue weighted by molar-refractivity contribution is 8.00. The molecule has 2 aliphatic heterocycles. The fourth-order valence-electron chi connectivity index (χ4n) is 3.73. The van der Waals surface area contributed by atoms with Crippen LogP contribution in [0.4, 0.5) is 17.1 Å². The van der Waals surface area contributed by atoms with Crippen molar-refractivity contribution in [3.05, 3.63) is 47.5 Å². The molecule has 0 aliphatic carbocycles. The second-order valence-electron chi connectivity index (χ2n) is 7.42. The Labute approximate surface area is 175 Å². The third-order valence-electron chi connectivity index (χ3n) is 5.52. The van der Waals surface area contributed by atoms with Gasteiger partial charge in [0.15, 0.2) is 0 Å². The van der Waals surface area contributed by atoms with Crippen LogP contribution in [-0.2, 0) is 4.79 Å². The van der Waals surface area contributed by atoms with Gasteiger partial charge < -0.3 is 20.4 Å². The van der Waals surface area contributed by atoms with E-state index >= 15 is 0 Å². The number of fused-ring (bicyclic) bond motifs is 1. The Bertz CT molecular complexity index is 938. The highest BCUT2D eigenvalue weighted by Gasteiger charge is 2.19. The van der Waals surface area contributed by atoms with Crippen LogP contribution in [0.5, 0.6) is 0 Å². The molecule has 152 valence electrons. The Hall–Kier alpha value is -2.51. The molecule has 2 amide bonds. The van der Waals surface area contributed by atoms with Gasteiger partial charge in [0.05, 0.1) is 11.4 Å². The molecule has 2 aromatic carbocycles. The number of hydrogen-bond acceptors (Lipinski definition) is 5. The van der Waals surface area contributed by atoms with Crippen molar-refractivity contribution < 1.29 is 9.59 Å². The van der Waals surface area contributed by atoms with E-state index in [4.69, 9.17) is 0 Å². The normalized spacial score (nSPS) is 16.9. The molecule has 6 nitrogen and oxygen atoms in total. The number of nitrogens with zero attached hydrogens (tertiary/aromatic N) is 2. The monoisotopic (exact) mass is 410 g/mol. The number of carbonyl (C=O) groups excluding carboxylic acids is 2. The van der Waals surface area contributed by atoms with E-state index < -0.39 is 0 Å². The molecule has 4 rings (SSSR count). The molecule has 1 fully saturated rings. The van der Waals surface area contributed by atoms with E-state index in [2.05, 4.69) is 39.5 Å². The highest BCUT2D eigenvalue weighted by Crippen LogP contribution is 2.32. The third kappa shape index (κ3) is 4.41. The first-order valence-corrected chi connectivity index (χ1v) is 11.0. The van der Waals surface area contributed by atoms with E-state index in [0.29, 0.717) is 17.0 Å². The number of nitrogens with one attached hydrogen (secondary N) is 2. The van der Waals surface area contributed by atoms with Gasteiger partial charge in [0.1, 0.15) is 0 Å². The lowest BCUT2D eigenvalue weighted by molar-refractivity contribution is -0.113. The van der Waals surface area contributed by atoms with Crippen molar-refractivity contribution in [1.82, 2.24) is 4.90 Å². The van der Waals surface area contributed by atoms with E-state index in [0.717, 1.165) is 48.9 Å². The minimum absolute atomic E-state index is 0.0359. The first-order valence-electron chi connectivity index (χ1n) is 9.99. The van der Waals surface area contributed by atoms with Gasteiger partial charge in [-0.05, 0) is 55.4 Å². The molecule has 2 aliphatic rings. The summed E-state index contributed by atoms with van der Waals surface area (Å²) in [4.78, 5) is 30.2. The van der Waals surface area contributed by atoms with Crippen molar-refractivity contribution in [2.75, 3.05) is 54.0 Å². The van der Waals surface area contributed by atoms with Crippen LogP contribution in [0.2, 0.25) is 0 Å². The molecule has 2 aromatic rings. The maximum atomic E-state index is 12.7. The fourth-order valence-corrected chi connectivity index (χ4v) is 4.51. The van der Waals surface area contributed by atoms with Crippen LogP contribution < -0.4 is 15.5 Å². The number of hydrogen-bond donors (Lipinski definition) is 2. The number of aryl methyl sites for hydroxylation is 1. The number of carbonyl (C=O) groups is 2. The summed E-state index contributed by atoms with van der Waals surface area (Å²) >= 11 is 1.49. The molecule has 0 aromatic heterocycles. The van der Waals surface area contributed by atoms with Crippen molar-refractivity contribution in [1.29, 1.82) is 0 Å². The number of piperazine rings is 1. The number of anilines is 3. The number of amides is 2. The quantitative estimate of drug-likeness (QED) is 0.809. The smallest absolute Gasteiger partial charge is 0.255 e. The minimum atomic E-state index is -0.176. The maximum absolute atomic E-state index is 12.7. The molecular formula is C22H26N4O2S. The Morgan fingerprint density at radius 1 is 1.14 bits per heavy atom. The zero-order valence-corrected chi connectivity index (χ0v) is 17.6. The maximum Gasteiger partial charge on any atom is 0.255 e. The molecule has 1 saturated heterocycles. The van der Waals surface area contributed by atoms with Crippen LogP contribution in [0.3, 0.4) is 0 Å². The minimum Gasteiger partial charge on any atom is -0.369 e. The van der Waals surface area contributed by atoms with E-state index in [9.17, 15) is 9.59 Å². The number of rotatable bonds is 4. The Balaban J connectivity index is 1.45. The van der Waals surface area contributed by atoms with Gasteiger partial charge in [-0.15, -0.1) is 11.8 Å². The van der Waals surface area contributed by atoms with Gasteiger partial charge in [0.2, 0.25) is 5.91 Å². The van der Waals surface area contributed by atoms with Gasteiger partial charge in [0, 0.05) is 48.0 Å². The van der Waals surface area contributed by atoms with Gasteiger partial charge in [-0.25, -0.2) is 0 Å². The first-order chi connectivity index (χ1) is 14.0. The molecule has 0 spiro atoms. The van der Waals surface area contributed by atoms with Crippen molar-refractivity contribution >= 4 is 40.6 Å². The van der Waals surface area contributed by atoms with Crippen LogP contribution >= 0.6 is 11.8 Å². The number of likely N-dealkylation sites (N-methyl/N-ethyl adjacent to an activating group) is 1. The summed E-state index contributed by atoms with van der Waals surface area (Å²) in [6, 6.07) is 11.6. The lowest BCUT2D eigenvalue weighted by Crippen LogP contribution is -2.46. The topological polar surface area (TPSA) is 64.7 Å². The van der Waals surface area contributed by atoms with Crippen LogP contribution in [0, 0.1) is 6.92 Å². The zero-order chi connectivity index (χ0) is 20.4. The molecule has 0 bridgehead atoms. The third-order valence-corrected chi connectivity index (χ3v) is 6.59. The molecule has 0 radical (unpaired) electrons. The van der Waals surface area contributed by atoms with Gasteiger partial charge in [-0.1, -0.05) is 6.92 Å². The van der Waals surface area contributed by atoms with E-state index in [1.165, 1.54) is 17.4 Å². The predicted octanol–water partition coefficient (Wildman–Crippen LogP) is 3.43. The molecular weight excluding hydrogens is 384 g/mol. The second-order valence-corrected chi connectivity index (χ2v) is 8.44. The SMILES string of the molecule is CCN1CCN(c2ccc(NC(=O)c3ccc4c(c3)NC(=O)CS4)c(C)c2)CC1. The lowest BCUT2D eigenvalue weighted by Gasteiger charge is -2.35. The summed E-state index contributed by atoms with van der Waals surface area (Å²) in [6.45, 7) is 9.54. The largest absolute Gasteiger partial charge is 0.369 e. The Morgan fingerprint density at radius 2 is 1.93 bits per heavy atom. The molecule has 2 heterocycles. The van der Waals surface area contributed by atoms with Gasteiger partial charge in [-0.3, -0.25) is 9.59 Å². The Morgan fingerprint density at radius 3 is 2.66 bits per heavy atom. The fraction of sp³-hybridized carbons (Fsp3) is 0.364. The summed E-state index contributed by atoms with van der Waals surface area (Å²) in [5.41, 5.74) is 4.28. The highest BCUT2D eigenvalue weighted by atomic mass is 32.2. The molecule has 2 N–H and O–H groups in total. The van der Waals surface area contributed by atoms with Gasteiger partial charge in [0.25, 0.3) is 5.91 Å². The summed E-state index contributed by atoms with van der Waals surface area (Å²) in [5.74, 6) is 0.203. The van der Waals surface area contributed by atoms with Gasteiger partial charge in [-0.2, -0.15) is 0 Å². The van der Waals surface area contributed by atoms with Crippen LogP contribution in [-0.4, -0.2) is 55.2 Å². The average molecular weight is 411 g/mol. The zero-order valence-electron chi connectivity index (χ0n) is 16.8. The molecule has 0 saturated carbocycles. The van der Waals surface area contributed by atoms with Gasteiger partial charge >= 0.3 is 0 Å². The Kier molecular flexibility index (Phi) is 5.78. The summed E-state index contributed by atoms with van der Waals surface area (Å²) in [5, 5.41) is 5.84. The van der Waals surface area contributed by atoms with Crippen LogP contribution in [0.15, 0.2) is 41.3 Å². The van der Waals surface area contributed by atoms with Crippen molar-refractivity contribution in [2.24, 2.45) is 0 Å². The predicted molar refractivity (Wildman–Crippen MR) is 119 cm³/mol. The van der Waals surface area contributed by atoms with E-state index in [1.807, 2.05) is 19.1 Å². The van der Waals surface area contributed by atoms with Crippen molar-refractivity contribution in [3.63, 3.8) is 0 Å². The molecule has 29 heavy (non-hydrogen) atoms.